The van der Waals surface area contributed by atoms with Crippen molar-refractivity contribution in [3.63, 3.8) is 0 Å². The minimum absolute atomic E-state index is 0.0509. The van der Waals surface area contributed by atoms with E-state index in [4.69, 9.17) is 24.7 Å². The number of nitrogens with two attached hydrogens (primary N) is 1. The summed E-state index contributed by atoms with van der Waals surface area (Å²) in [5.74, 6) is -0.644. The maximum absolute atomic E-state index is 12.3. The third-order valence-electron chi connectivity index (χ3n) is 3.87. The Labute approximate surface area is 148 Å². The average molecular weight is 357 g/mol. The lowest BCUT2D eigenvalue weighted by Gasteiger charge is -2.21. The Kier molecular flexibility index (Phi) is 4.41. The van der Waals surface area contributed by atoms with Crippen LogP contribution in [0.4, 0.5) is 5.69 Å². The molecule has 1 aromatic heterocycles. The highest BCUT2D eigenvalue weighted by molar-refractivity contribution is 5.99. The monoisotopic (exact) mass is 357 g/mol. The summed E-state index contributed by atoms with van der Waals surface area (Å²) in [5.41, 5.74) is 6.20. The average Bonchev–Trinajstić information content (AvgIpc) is 3.01. The zero-order valence-electron chi connectivity index (χ0n) is 14.1. The number of esters is 2. The minimum atomic E-state index is -0.755. The van der Waals surface area contributed by atoms with E-state index in [-0.39, 0.29) is 28.2 Å². The molecule has 2 heterocycles. The molecule has 0 saturated heterocycles. The number of benzene rings is 1. The van der Waals surface area contributed by atoms with E-state index >= 15 is 0 Å². The van der Waals surface area contributed by atoms with Crippen LogP contribution in [0.15, 0.2) is 18.3 Å². The lowest BCUT2D eigenvalue weighted by Crippen LogP contribution is -2.18. The maximum Gasteiger partial charge on any atom is 0.357 e. The fraction of sp³-hybridized carbons (Fsp3) is 0.235. The van der Waals surface area contributed by atoms with Gasteiger partial charge in [0.1, 0.15) is 19.3 Å². The second-order valence-corrected chi connectivity index (χ2v) is 5.28. The summed E-state index contributed by atoms with van der Waals surface area (Å²) in [6, 6.07) is 4.88. The van der Waals surface area contributed by atoms with Gasteiger partial charge in [0.2, 0.25) is 0 Å². The molecule has 9 heteroatoms. The van der Waals surface area contributed by atoms with E-state index < -0.39 is 11.9 Å². The summed E-state index contributed by atoms with van der Waals surface area (Å²) in [4.78, 5) is 24.5. The number of hydrogen-bond donors (Lipinski definition) is 1. The van der Waals surface area contributed by atoms with Crippen LogP contribution in [0, 0.1) is 11.3 Å². The van der Waals surface area contributed by atoms with Gasteiger partial charge < -0.3 is 29.2 Å². The Morgan fingerprint density at radius 3 is 2.35 bits per heavy atom. The fourth-order valence-electron chi connectivity index (χ4n) is 2.66. The molecule has 0 spiro atoms. The van der Waals surface area contributed by atoms with E-state index in [9.17, 15) is 14.9 Å². The molecule has 0 unspecified atom stereocenters. The van der Waals surface area contributed by atoms with E-state index in [2.05, 4.69) is 0 Å². The quantitative estimate of drug-likeness (QED) is 0.814. The summed E-state index contributed by atoms with van der Waals surface area (Å²) >= 11 is 0. The number of nitriles is 1. The van der Waals surface area contributed by atoms with Crippen LogP contribution in [-0.4, -0.2) is 43.9 Å². The van der Waals surface area contributed by atoms with Crippen molar-refractivity contribution in [1.82, 2.24) is 4.57 Å². The fourth-order valence-corrected chi connectivity index (χ4v) is 2.66. The molecular formula is C17H15N3O6. The first kappa shape index (κ1) is 17.2. The number of rotatable bonds is 3. The zero-order valence-corrected chi connectivity index (χ0v) is 14.1. The van der Waals surface area contributed by atoms with Crippen LogP contribution < -0.4 is 15.2 Å². The van der Waals surface area contributed by atoms with Gasteiger partial charge in [-0.15, -0.1) is 0 Å². The van der Waals surface area contributed by atoms with Crippen molar-refractivity contribution in [3.05, 3.63) is 35.2 Å². The summed E-state index contributed by atoms with van der Waals surface area (Å²) in [6.07, 6.45) is 1.35. The number of fused-ring (bicyclic) bond motifs is 1. The van der Waals surface area contributed by atoms with Gasteiger partial charge in [-0.1, -0.05) is 0 Å². The van der Waals surface area contributed by atoms with E-state index in [1.807, 2.05) is 6.07 Å². The largest absolute Gasteiger partial charge is 0.486 e. The molecule has 1 aliphatic heterocycles. The Morgan fingerprint density at radius 1 is 1.15 bits per heavy atom. The van der Waals surface area contributed by atoms with Crippen LogP contribution in [0.2, 0.25) is 0 Å². The predicted octanol–water partition coefficient (Wildman–Crippen LogP) is 1.28. The number of anilines is 1. The van der Waals surface area contributed by atoms with E-state index in [0.29, 0.717) is 24.7 Å². The molecular weight excluding hydrogens is 342 g/mol. The van der Waals surface area contributed by atoms with Gasteiger partial charge >= 0.3 is 11.9 Å². The molecule has 2 aromatic rings. The summed E-state index contributed by atoms with van der Waals surface area (Å²) < 4.78 is 21.9. The number of hydrogen-bond acceptors (Lipinski definition) is 8. The van der Waals surface area contributed by atoms with Crippen LogP contribution in [-0.2, 0) is 9.47 Å². The predicted molar refractivity (Wildman–Crippen MR) is 88.6 cm³/mol. The number of nitrogens with zero attached hydrogens (tertiary/aromatic N) is 2. The Bertz CT molecular complexity index is 941. The van der Waals surface area contributed by atoms with Gasteiger partial charge in [-0.2, -0.15) is 5.26 Å². The molecule has 0 radical (unpaired) electrons. The van der Waals surface area contributed by atoms with Gasteiger partial charge in [0.25, 0.3) is 0 Å². The molecule has 9 nitrogen and oxygen atoms in total. The van der Waals surface area contributed by atoms with Crippen molar-refractivity contribution in [3.8, 4) is 23.3 Å². The first-order valence-electron chi connectivity index (χ1n) is 7.53. The summed E-state index contributed by atoms with van der Waals surface area (Å²) in [6.45, 7) is 0.681. The third-order valence-corrected chi connectivity index (χ3v) is 3.87. The minimum Gasteiger partial charge on any atom is -0.486 e. The number of aromatic nitrogens is 1. The highest BCUT2D eigenvalue weighted by Crippen LogP contribution is 2.37. The van der Waals surface area contributed by atoms with E-state index in [1.165, 1.54) is 37.1 Å². The van der Waals surface area contributed by atoms with Gasteiger partial charge in [0.15, 0.2) is 17.2 Å². The van der Waals surface area contributed by atoms with Gasteiger partial charge in [-0.25, -0.2) is 9.59 Å². The number of ether oxygens (including phenoxy) is 4. The highest BCUT2D eigenvalue weighted by Gasteiger charge is 2.27. The summed E-state index contributed by atoms with van der Waals surface area (Å²) in [7, 11) is 2.42. The summed E-state index contributed by atoms with van der Waals surface area (Å²) in [5, 5.41) is 9.24. The van der Waals surface area contributed by atoms with Crippen molar-refractivity contribution in [1.29, 1.82) is 5.26 Å². The van der Waals surface area contributed by atoms with Gasteiger partial charge in [0.05, 0.1) is 36.7 Å². The second-order valence-electron chi connectivity index (χ2n) is 5.28. The van der Waals surface area contributed by atoms with Crippen LogP contribution in [0.5, 0.6) is 11.5 Å². The molecule has 0 atom stereocenters. The Morgan fingerprint density at radius 2 is 1.77 bits per heavy atom. The van der Waals surface area contributed by atoms with Gasteiger partial charge in [-0.05, 0) is 0 Å². The highest BCUT2D eigenvalue weighted by atomic mass is 16.6. The normalized spacial score (nSPS) is 12.2. The molecule has 134 valence electrons. The number of methoxy groups -OCH3 is 2. The molecule has 0 bridgehead atoms. The van der Waals surface area contributed by atoms with Crippen molar-refractivity contribution in [2.24, 2.45) is 0 Å². The number of carbonyl (C=O) groups is 2. The lowest BCUT2D eigenvalue weighted by atomic mass is 10.1. The molecule has 2 N–H and O–H groups in total. The van der Waals surface area contributed by atoms with Gasteiger partial charge in [-0.3, -0.25) is 0 Å². The SMILES string of the molecule is COC(=O)c1cc2c(cc1-n1cc(C#N)c(N)c1C(=O)OC)OCCO2. The molecule has 0 amide bonds. The second kappa shape index (κ2) is 6.68. The number of nitrogen functional groups attached to an aromatic ring is 1. The maximum atomic E-state index is 12.3. The van der Waals surface area contributed by atoms with Crippen LogP contribution in [0.3, 0.4) is 0 Å². The molecule has 0 saturated carbocycles. The molecule has 3 rings (SSSR count). The van der Waals surface area contributed by atoms with Crippen molar-refractivity contribution >= 4 is 17.6 Å². The standard InChI is InChI=1S/C17H15N3O6/c1-23-16(21)10-5-12-13(26-4-3-25-12)6-11(10)20-8-9(7-18)14(19)15(20)17(22)24-2/h5-6,8H,3-4,19H2,1-2H3. The Hall–Kier alpha value is -3.67. The van der Waals surface area contributed by atoms with Crippen molar-refractivity contribution < 1.29 is 28.5 Å². The van der Waals surface area contributed by atoms with Crippen LogP contribution in [0.25, 0.3) is 5.69 Å². The first-order chi connectivity index (χ1) is 12.5. The molecule has 0 aliphatic carbocycles. The van der Waals surface area contributed by atoms with Crippen molar-refractivity contribution in [2.75, 3.05) is 33.2 Å². The van der Waals surface area contributed by atoms with Crippen LogP contribution in [0.1, 0.15) is 26.4 Å². The Balaban J connectivity index is 2.31. The zero-order chi connectivity index (χ0) is 18.8. The van der Waals surface area contributed by atoms with E-state index in [0.717, 1.165) is 0 Å². The topological polar surface area (TPSA) is 126 Å². The third kappa shape index (κ3) is 2.67. The van der Waals surface area contributed by atoms with E-state index in [1.54, 1.807) is 0 Å². The molecule has 26 heavy (non-hydrogen) atoms. The van der Waals surface area contributed by atoms with Crippen LogP contribution >= 0.6 is 0 Å². The number of carbonyl (C=O) groups excluding carboxylic acids is 2. The van der Waals surface area contributed by atoms with Crippen molar-refractivity contribution in [2.45, 2.75) is 0 Å². The molecule has 0 fully saturated rings. The molecule has 1 aromatic carbocycles. The van der Waals surface area contributed by atoms with Gasteiger partial charge in [0, 0.05) is 18.3 Å². The smallest absolute Gasteiger partial charge is 0.357 e. The lowest BCUT2D eigenvalue weighted by molar-refractivity contribution is 0.0581. The molecule has 1 aliphatic rings. The first-order valence-corrected chi connectivity index (χ1v) is 7.53.